The van der Waals surface area contributed by atoms with E-state index in [9.17, 15) is 4.79 Å². The number of carbonyl (C=O) groups is 1. The lowest BCUT2D eigenvalue weighted by atomic mass is 9.83. The van der Waals surface area contributed by atoms with Crippen molar-refractivity contribution in [1.29, 1.82) is 0 Å². The Bertz CT molecular complexity index is 397. The van der Waals surface area contributed by atoms with Crippen LogP contribution in [0.2, 0.25) is 0 Å². The number of nitrogens with one attached hydrogen (secondary N) is 1. The molecule has 2 atom stereocenters. The molecule has 0 spiro atoms. The summed E-state index contributed by atoms with van der Waals surface area (Å²) in [6.45, 7) is 6.58. The Labute approximate surface area is 97.1 Å². The van der Waals surface area contributed by atoms with Crippen molar-refractivity contribution >= 4 is 11.6 Å². The Kier molecular flexibility index (Phi) is 2.99. The van der Waals surface area contributed by atoms with Gasteiger partial charge in [0, 0.05) is 5.69 Å². The van der Waals surface area contributed by atoms with Gasteiger partial charge in [0.2, 0.25) is 5.91 Å². The van der Waals surface area contributed by atoms with E-state index in [1.54, 1.807) is 0 Å². The number of carbonyl (C=O) groups excluding carboxylic acids is 1. The minimum absolute atomic E-state index is 0.0404. The van der Waals surface area contributed by atoms with E-state index >= 15 is 0 Å². The topological polar surface area (TPSA) is 29.1 Å². The van der Waals surface area contributed by atoms with Crippen LogP contribution >= 0.6 is 0 Å². The highest BCUT2D eigenvalue weighted by Gasteiger charge is 2.34. The maximum Gasteiger partial charge on any atom is 0.232 e. The molecule has 2 nitrogen and oxygen atoms in total. The van der Waals surface area contributed by atoms with Crippen LogP contribution in [0, 0.1) is 11.8 Å². The highest BCUT2D eigenvalue weighted by molar-refractivity contribution is 6.03. The van der Waals surface area contributed by atoms with Crippen molar-refractivity contribution < 1.29 is 4.79 Å². The molecule has 2 rings (SSSR count). The van der Waals surface area contributed by atoms with Crippen LogP contribution in [-0.2, 0) is 4.79 Å². The van der Waals surface area contributed by atoms with E-state index < -0.39 is 0 Å². The molecule has 1 aliphatic heterocycles. The van der Waals surface area contributed by atoms with Crippen LogP contribution in [0.3, 0.4) is 0 Å². The highest BCUT2D eigenvalue weighted by Crippen LogP contribution is 2.39. The zero-order chi connectivity index (χ0) is 11.7. The first-order valence-electron chi connectivity index (χ1n) is 5.99. The molecule has 1 aliphatic rings. The summed E-state index contributed by atoms with van der Waals surface area (Å²) in [4.78, 5) is 11.9. The molecular weight excluding hydrogens is 198 g/mol. The van der Waals surface area contributed by atoms with E-state index in [4.69, 9.17) is 0 Å². The Balaban J connectivity index is 2.25. The third kappa shape index (κ3) is 1.97. The molecule has 1 amide bonds. The average molecular weight is 217 g/mol. The second-order valence-corrected chi connectivity index (χ2v) is 5.16. The van der Waals surface area contributed by atoms with Crippen LogP contribution < -0.4 is 5.32 Å². The van der Waals surface area contributed by atoms with Crippen LogP contribution in [0.25, 0.3) is 0 Å². The van der Waals surface area contributed by atoms with Gasteiger partial charge in [0.15, 0.2) is 0 Å². The number of amides is 1. The lowest BCUT2D eigenvalue weighted by Crippen LogP contribution is -2.20. The number of anilines is 1. The number of benzene rings is 1. The zero-order valence-corrected chi connectivity index (χ0v) is 10.2. The van der Waals surface area contributed by atoms with Crippen LogP contribution in [0.5, 0.6) is 0 Å². The van der Waals surface area contributed by atoms with Crippen molar-refractivity contribution in [3.63, 3.8) is 0 Å². The second-order valence-electron chi connectivity index (χ2n) is 5.16. The fourth-order valence-electron chi connectivity index (χ4n) is 2.68. The Morgan fingerprint density at radius 3 is 2.62 bits per heavy atom. The third-order valence-electron chi connectivity index (χ3n) is 3.25. The van der Waals surface area contributed by atoms with Gasteiger partial charge in [-0.25, -0.2) is 0 Å². The van der Waals surface area contributed by atoms with Gasteiger partial charge in [-0.05, 0) is 29.9 Å². The van der Waals surface area contributed by atoms with E-state index in [1.165, 1.54) is 5.56 Å². The minimum Gasteiger partial charge on any atom is -0.325 e. The predicted octanol–water partition coefficient (Wildman–Crippen LogP) is 3.40. The molecule has 2 heteroatoms. The van der Waals surface area contributed by atoms with Gasteiger partial charge in [-0.1, -0.05) is 39.0 Å². The number of hydrogen-bond donors (Lipinski definition) is 1. The van der Waals surface area contributed by atoms with Gasteiger partial charge in [0.1, 0.15) is 0 Å². The molecule has 0 saturated carbocycles. The van der Waals surface area contributed by atoms with Crippen molar-refractivity contribution in [2.24, 2.45) is 11.8 Å². The fraction of sp³-hybridized carbons (Fsp3) is 0.500. The lowest BCUT2D eigenvalue weighted by Gasteiger charge is -2.19. The normalized spacial score (nSPS) is 20.8. The molecule has 0 aromatic heterocycles. The zero-order valence-electron chi connectivity index (χ0n) is 10.2. The molecule has 2 unspecified atom stereocenters. The van der Waals surface area contributed by atoms with Gasteiger partial charge in [0.05, 0.1) is 5.92 Å². The van der Waals surface area contributed by atoms with Gasteiger partial charge in [0.25, 0.3) is 0 Å². The van der Waals surface area contributed by atoms with Gasteiger partial charge < -0.3 is 5.32 Å². The van der Waals surface area contributed by atoms with Crippen LogP contribution in [0.1, 0.15) is 38.7 Å². The van der Waals surface area contributed by atoms with Gasteiger partial charge in [-0.15, -0.1) is 0 Å². The summed E-state index contributed by atoms with van der Waals surface area (Å²) in [5, 5.41) is 2.96. The maximum absolute atomic E-state index is 11.9. The number of rotatable bonds is 3. The van der Waals surface area contributed by atoms with E-state index in [-0.39, 0.29) is 11.8 Å². The third-order valence-corrected chi connectivity index (χ3v) is 3.25. The molecule has 1 heterocycles. The molecule has 0 bridgehead atoms. The number of hydrogen-bond acceptors (Lipinski definition) is 1. The first-order chi connectivity index (χ1) is 7.59. The van der Waals surface area contributed by atoms with E-state index in [0.717, 1.165) is 12.1 Å². The Hall–Kier alpha value is -1.31. The van der Waals surface area contributed by atoms with Crippen molar-refractivity contribution in [1.82, 2.24) is 0 Å². The highest BCUT2D eigenvalue weighted by atomic mass is 16.2. The summed E-state index contributed by atoms with van der Waals surface area (Å²) in [6, 6.07) is 8.02. The predicted molar refractivity (Wildman–Crippen MR) is 66.4 cm³/mol. The van der Waals surface area contributed by atoms with Gasteiger partial charge in [-0.3, -0.25) is 4.79 Å². The monoisotopic (exact) mass is 217 g/mol. The van der Waals surface area contributed by atoms with E-state index in [1.807, 2.05) is 18.2 Å². The van der Waals surface area contributed by atoms with Gasteiger partial charge >= 0.3 is 0 Å². The Morgan fingerprint density at radius 1 is 1.25 bits per heavy atom. The van der Waals surface area contributed by atoms with Crippen molar-refractivity contribution in [3.05, 3.63) is 29.8 Å². The van der Waals surface area contributed by atoms with Crippen molar-refractivity contribution in [3.8, 4) is 0 Å². The summed E-state index contributed by atoms with van der Waals surface area (Å²) < 4.78 is 0. The molecule has 0 saturated heterocycles. The molecule has 0 aliphatic carbocycles. The summed E-state index contributed by atoms with van der Waals surface area (Å²) in [6.07, 6.45) is 1.09. The summed E-state index contributed by atoms with van der Waals surface area (Å²) in [5.41, 5.74) is 2.16. The molecule has 1 aromatic rings. The quantitative estimate of drug-likeness (QED) is 0.826. The fourth-order valence-corrected chi connectivity index (χ4v) is 2.68. The first kappa shape index (κ1) is 11.2. The lowest BCUT2D eigenvalue weighted by molar-refractivity contribution is -0.118. The maximum atomic E-state index is 11.9. The van der Waals surface area contributed by atoms with Crippen LogP contribution in [0.15, 0.2) is 24.3 Å². The standard InChI is InChI=1S/C14H19NO/c1-9(2)8-10(3)13-11-6-4-5-7-12(11)15-14(13)16/h4-7,9-10,13H,8H2,1-3H3,(H,15,16). The van der Waals surface area contributed by atoms with Crippen LogP contribution in [0.4, 0.5) is 5.69 Å². The Morgan fingerprint density at radius 2 is 1.94 bits per heavy atom. The molecule has 16 heavy (non-hydrogen) atoms. The molecule has 0 radical (unpaired) electrons. The van der Waals surface area contributed by atoms with Crippen molar-refractivity contribution in [2.45, 2.75) is 33.1 Å². The molecular formula is C14H19NO. The number of fused-ring (bicyclic) bond motifs is 1. The average Bonchev–Trinajstić information content (AvgIpc) is 2.52. The summed E-state index contributed by atoms with van der Waals surface area (Å²) in [5.74, 6) is 1.24. The summed E-state index contributed by atoms with van der Waals surface area (Å²) >= 11 is 0. The molecule has 1 aromatic carbocycles. The number of para-hydroxylation sites is 1. The molecule has 1 N–H and O–H groups in total. The van der Waals surface area contributed by atoms with Crippen molar-refractivity contribution in [2.75, 3.05) is 5.32 Å². The van der Waals surface area contributed by atoms with E-state index in [0.29, 0.717) is 11.8 Å². The summed E-state index contributed by atoms with van der Waals surface area (Å²) in [7, 11) is 0. The van der Waals surface area contributed by atoms with E-state index in [2.05, 4.69) is 32.2 Å². The molecule has 86 valence electrons. The largest absolute Gasteiger partial charge is 0.325 e. The van der Waals surface area contributed by atoms with Crippen LogP contribution in [-0.4, -0.2) is 5.91 Å². The van der Waals surface area contributed by atoms with Gasteiger partial charge in [-0.2, -0.15) is 0 Å². The smallest absolute Gasteiger partial charge is 0.232 e. The molecule has 0 fully saturated rings. The minimum atomic E-state index is 0.0404. The SMILES string of the molecule is CC(C)CC(C)C1C(=O)Nc2ccccc21. The second kappa shape index (κ2) is 4.28. The first-order valence-corrected chi connectivity index (χ1v) is 5.99.